The Hall–Kier alpha value is -1.04. The summed E-state index contributed by atoms with van der Waals surface area (Å²) in [6, 6.07) is 0. The summed E-state index contributed by atoms with van der Waals surface area (Å²) in [7, 11) is 3.61. The summed E-state index contributed by atoms with van der Waals surface area (Å²) < 4.78 is 0. The molecule has 0 aliphatic rings. The summed E-state index contributed by atoms with van der Waals surface area (Å²) in [5.41, 5.74) is 0. The third-order valence-electron chi connectivity index (χ3n) is 0.346. The molecule has 0 rings (SSSR count). The van der Waals surface area contributed by atoms with E-state index in [9.17, 15) is 0 Å². The maximum Gasteiger partial charge on any atom is 0.207 e. The van der Waals surface area contributed by atoms with Crippen molar-refractivity contribution in [1.82, 2.24) is 4.90 Å². The van der Waals surface area contributed by atoms with Crippen molar-refractivity contribution in [3.8, 4) is 6.19 Å². The molecule has 0 aromatic carbocycles. The summed E-state index contributed by atoms with van der Waals surface area (Å²) in [5, 5.41) is 7.84. The smallest absolute Gasteiger partial charge is 0.207 e. The van der Waals surface area contributed by atoms with Crippen LogP contribution in [0, 0.1) is 11.5 Å². The van der Waals surface area contributed by atoms with Crippen LogP contribution in [0.25, 0.3) is 0 Å². The van der Waals surface area contributed by atoms with Gasteiger partial charge < -0.3 is 4.90 Å². The van der Waals surface area contributed by atoms with Gasteiger partial charge in [0.25, 0.3) is 0 Å². The summed E-state index contributed by atoms with van der Waals surface area (Å²) in [5.74, 6) is 0. The molecule has 3 nitrogen and oxygen atoms in total. The molecule has 7 heavy (non-hydrogen) atoms. The van der Waals surface area contributed by atoms with Crippen LogP contribution in [-0.2, 0) is 0 Å². The lowest BCUT2D eigenvalue weighted by Crippen LogP contribution is -2.06. The molecule has 0 saturated heterocycles. The molecule has 0 aromatic heterocycles. The Balaban J connectivity index is 3.31. The molecule has 0 fully saturated rings. The highest BCUT2D eigenvalue weighted by molar-refractivity contribution is 5.54. The normalized spacial score (nSPS) is 8.71. The molecule has 0 aliphatic heterocycles. The van der Waals surface area contributed by atoms with Crippen LogP contribution < -0.4 is 0 Å². The molecule has 0 spiro atoms. The van der Waals surface area contributed by atoms with Gasteiger partial charge in [0.15, 0.2) is 0 Å². The van der Waals surface area contributed by atoms with Crippen LogP contribution in [-0.4, -0.2) is 25.3 Å². The summed E-state index contributed by atoms with van der Waals surface area (Å²) in [6.07, 6.45) is 3.07. The number of hydrogen-bond donors (Lipinski definition) is 0. The van der Waals surface area contributed by atoms with Crippen LogP contribution >= 0.6 is 0 Å². The predicted octanol–water partition coefficient (Wildman–Crippen LogP) is 0.0574. The lowest BCUT2D eigenvalue weighted by Gasteiger charge is -1.97. The van der Waals surface area contributed by atoms with Crippen LogP contribution in [0.15, 0.2) is 4.99 Å². The van der Waals surface area contributed by atoms with E-state index in [4.69, 9.17) is 5.26 Å². The Labute approximate surface area is 42.9 Å². The van der Waals surface area contributed by atoms with Crippen LogP contribution in [0.1, 0.15) is 0 Å². The van der Waals surface area contributed by atoms with Gasteiger partial charge in [-0.05, 0) is 0 Å². The minimum atomic E-state index is 1.44. The molecule has 0 N–H and O–H groups in total. The molecular formula is C4H7N3. The number of hydrogen-bond acceptors (Lipinski definition) is 2. The summed E-state index contributed by atoms with van der Waals surface area (Å²) in [6.45, 7) is 0. The molecular weight excluding hydrogens is 90.1 g/mol. The van der Waals surface area contributed by atoms with E-state index in [1.54, 1.807) is 25.2 Å². The largest absolute Gasteiger partial charge is 0.368 e. The van der Waals surface area contributed by atoms with Crippen molar-refractivity contribution in [2.75, 3.05) is 14.1 Å². The third kappa shape index (κ3) is 4.96. The molecule has 0 aromatic rings. The van der Waals surface area contributed by atoms with E-state index in [1.807, 2.05) is 0 Å². The topological polar surface area (TPSA) is 39.4 Å². The van der Waals surface area contributed by atoms with E-state index in [1.165, 1.54) is 6.34 Å². The average molecular weight is 97.1 g/mol. The SMILES string of the molecule is CN(C)/C=N/C#N. The van der Waals surface area contributed by atoms with Crippen molar-refractivity contribution in [3.63, 3.8) is 0 Å². The van der Waals surface area contributed by atoms with Gasteiger partial charge in [-0.25, -0.2) is 0 Å². The van der Waals surface area contributed by atoms with E-state index in [0.717, 1.165) is 0 Å². The lowest BCUT2D eigenvalue weighted by atomic mass is 10.9. The first kappa shape index (κ1) is 5.96. The van der Waals surface area contributed by atoms with Crippen molar-refractivity contribution in [2.45, 2.75) is 0 Å². The Bertz CT molecular complexity index is 98.0. The van der Waals surface area contributed by atoms with Gasteiger partial charge in [0.1, 0.15) is 6.34 Å². The molecule has 0 saturated carbocycles. The second-order valence-corrected chi connectivity index (χ2v) is 1.31. The molecule has 0 aliphatic carbocycles. The Morgan fingerprint density at radius 3 is 2.43 bits per heavy atom. The number of nitrogens with zero attached hydrogens (tertiary/aromatic N) is 3. The molecule has 38 valence electrons. The maximum absolute atomic E-state index is 7.84. The molecule has 0 amide bonds. The first-order chi connectivity index (χ1) is 3.27. The Morgan fingerprint density at radius 2 is 2.29 bits per heavy atom. The second-order valence-electron chi connectivity index (χ2n) is 1.31. The average Bonchev–Trinajstić information content (AvgIpc) is 1.61. The second kappa shape index (κ2) is 3.16. The zero-order valence-corrected chi connectivity index (χ0v) is 4.42. The standard InChI is InChI=1S/C4H7N3/c1-7(2)4-6-3-5/h4H,1-2H3/b6-4+. The van der Waals surface area contributed by atoms with Crippen molar-refractivity contribution in [3.05, 3.63) is 0 Å². The monoisotopic (exact) mass is 97.1 g/mol. The highest BCUT2D eigenvalue weighted by Crippen LogP contribution is 1.62. The van der Waals surface area contributed by atoms with Crippen molar-refractivity contribution in [1.29, 1.82) is 5.26 Å². The van der Waals surface area contributed by atoms with Crippen LogP contribution in [0.5, 0.6) is 0 Å². The van der Waals surface area contributed by atoms with E-state index in [-0.39, 0.29) is 0 Å². The minimum Gasteiger partial charge on any atom is -0.368 e. The predicted molar refractivity (Wildman–Crippen MR) is 27.8 cm³/mol. The van der Waals surface area contributed by atoms with Crippen LogP contribution in [0.2, 0.25) is 0 Å². The van der Waals surface area contributed by atoms with Crippen LogP contribution in [0.3, 0.4) is 0 Å². The zero-order chi connectivity index (χ0) is 5.70. The highest BCUT2D eigenvalue weighted by Gasteiger charge is 1.70. The fourth-order valence-corrected chi connectivity index (χ4v) is 0.141. The number of rotatable bonds is 1. The lowest BCUT2D eigenvalue weighted by molar-refractivity contribution is 0.643. The Kier molecular flexibility index (Phi) is 2.69. The van der Waals surface area contributed by atoms with Crippen molar-refractivity contribution >= 4 is 6.34 Å². The van der Waals surface area contributed by atoms with E-state index in [2.05, 4.69) is 4.99 Å². The number of nitriles is 1. The molecule has 3 heteroatoms. The molecule has 0 unspecified atom stereocenters. The molecule has 0 atom stereocenters. The van der Waals surface area contributed by atoms with Gasteiger partial charge in [-0.2, -0.15) is 10.3 Å². The Morgan fingerprint density at radius 1 is 1.71 bits per heavy atom. The third-order valence-corrected chi connectivity index (χ3v) is 0.346. The van der Waals surface area contributed by atoms with Gasteiger partial charge in [0, 0.05) is 14.1 Å². The minimum absolute atomic E-state index is 1.44. The molecule has 0 heterocycles. The first-order valence-electron chi connectivity index (χ1n) is 1.86. The van der Waals surface area contributed by atoms with Crippen molar-refractivity contribution < 1.29 is 0 Å². The van der Waals surface area contributed by atoms with Crippen LogP contribution in [0.4, 0.5) is 0 Å². The fourth-order valence-electron chi connectivity index (χ4n) is 0.141. The zero-order valence-electron chi connectivity index (χ0n) is 4.42. The van der Waals surface area contributed by atoms with Gasteiger partial charge in [-0.1, -0.05) is 0 Å². The molecule has 0 bridgehead atoms. The van der Waals surface area contributed by atoms with E-state index >= 15 is 0 Å². The molecule has 0 radical (unpaired) electrons. The van der Waals surface area contributed by atoms with Gasteiger partial charge in [-0.3, -0.25) is 0 Å². The quantitative estimate of drug-likeness (QED) is 0.263. The van der Waals surface area contributed by atoms with Gasteiger partial charge in [0.05, 0.1) is 0 Å². The first-order valence-corrected chi connectivity index (χ1v) is 1.86. The van der Waals surface area contributed by atoms with Crippen molar-refractivity contribution in [2.24, 2.45) is 4.99 Å². The fraction of sp³-hybridized carbons (Fsp3) is 0.500. The maximum atomic E-state index is 7.84. The highest BCUT2D eigenvalue weighted by atomic mass is 15.1. The summed E-state index contributed by atoms with van der Waals surface area (Å²) >= 11 is 0. The van der Waals surface area contributed by atoms with E-state index in [0.29, 0.717) is 0 Å². The van der Waals surface area contributed by atoms with Gasteiger partial charge in [0.2, 0.25) is 6.19 Å². The summed E-state index contributed by atoms with van der Waals surface area (Å²) in [4.78, 5) is 4.98. The number of aliphatic imine (C=N–C) groups is 1. The van der Waals surface area contributed by atoms with Gasteiger partial charge in [-0.15, -0.1) is 0 Å². The van der Waals surface area contributed by atoms with E-state index < -0.39 is 0 Å². The van der Waals surface area contributed by atoms with Gasteiger partial charge >= 0.3 is 0 Å².